The number of hydrogen-bond donors (Lipinski definition) is 1. The summed E-state index contributed by atoms with van der Waals surface area (Å²) in [5.74, 6) is -0.223. The molecule has 176 valence electrons. The first-order chi connectivity index (χ1) is 16.1. The Morgan fingerprint density at radius 3 is 2.41 bits per heavy atom. The van der Waals surface area contributed by atoms with E-state index in [1.807, 2.05) is 6.92 Å². The van der Waals surface area contributed by atoms with Gasteiger partial charge in [0, 0.05) is 30.9 Å². The van der Waals surface area contributed by atoms with Gasteiger partial charge < -0.3 is 10.0 Å². The zero-order valence-electron chi connectivity index (χ0n) is 18.8. The summed E-state index contributed by atoms with van der Waals surface area (Å²) in [6.45, 7) is 3.72. The van der Waals surface area contributed by atoms with Crippen LogP contribution in [0.25, 0.3) is 22.3 Å². The first kappa shape index (κ1) is 24.1. The topological polar surface area (TPSA) is 105 Å². The summed E-state index contributed by atoms with van der Waals surface area (Å²) in [4.78, 5) is 23.0. The number of halogens is 1. The number of rotatable bonds is 6. The van der Waals surface area contributed by atoms with E-state index in [0.717, 1.165) is 9.54 Å². The maximum Gasteiger partial charge on any atom is 0.269 e. The number of nitrogens with zero attached hydrogens (tertiary/aromatic N) is 4. The Kier molecular flexibility index (Phi) is 6.57. The molecule has 10 heteroatoms. The van der Waals surface area contributed by atoms with E-state index in [2.05, 4.69) is 25.9 Å². The molecule has 2 aromatic carbocycles. The summed E-state index contributed by atoms with van der Waals surface area (Å²) in [5.41, 5.74) is 3.27. The van der Waals surface area contributed by atoms with Crippen LogP contribution in [0.5, 0.6) is 0 Å². The van der Waals surface area contributed by atoms with Gasteiger partial charge in [0.15, 0.2) is 5.65 Å². The second kappa shape index (κ2) is 9.28. The van der Waals surface area contributed by atoms with Crippen LogP contribution in [0.15, 0.2) is 70.4 Å². The van der Waals surface area contributed by atoms with E-state index in [0.29, 0.717) is 26.8 Å². The molecule has 1 N–H and O–H groups in total. The summed E-state index contributed by atoms with van der Waals surface area (Å²) in [5, 5.41) is 9.54. The number of carbonyl (C=O) groups is 1. The number of likely N-dealkylation sites (N-methyl/N-ethyl adjacent to an activating group) is 1. The van der Waals surface area contributed by atoms with Crippen molar-refractivity contribution in [2.45, 2.75) is 24.8 Å². The van der Waals surface area contributed by atoms with Crippen LogP contribution in [-0.4, -0.2) is 58.0 Å². The molecule has 0 aliphatic rings. The molecule has 0 radical (unpaired) electrons. The molecular weight excluding hydrogens is 520 g/mol. The Morgan fingerprint density at radius 1 is 1.15 bits per heavy atom. The van der Waals surface area contributed by atoms with Crippen LogP contribution in [0.3, 0.4) is 0 Å². The van der Waals surface area contributed by atoms with Gasteiger partial charge in [0.1, 0.15) is 10.1 Å². The van der Waals surface area contributed by atoms with E-state index >= 15 is 0 Å². The second-order valence-corrected chi connectivity index (χ2v) is 10.8. The van der Waals surface area contributed by atoms with Crippen molar-refractivity contribution >= 4 is 43.0 Å². The smallest absolute Gasteiger partial charge is 0.269 e. The molecule has 1 atom stereocenters. The number of carbonyl (C=O) groups excluding carboxylic acids is 1. The lowest BCUT2D eigenvalue weighted by Crippen LogP contribution is -2.32. The number of benzene rings is 2. The molecule has 0 aliphatic carbocycles. The molecule has 0 spiro atoms. The third-order valence-corrected chi connectivity index (χ3v) is 7.39. The Morgan fingerprint density at radius 2 is 1.79 bits per heavy atom. The quantitative estimate of drug-likeness (QED) is 0.396. The maximum absolute atomic E-state index is 13.4. The Labute approximate surface area is 206 Å². The summed E-state index contributed by atoms with van der Waals surface area (Å²) < 4.78 is 28.4. The largest absolute Gasteiger partial charge is 0.392 e. The van der Waals surface area contributed by atoms with Gasteiger partial charge in [-0.05, 0) is 59.6 Å². The highest BCUT2D eigenvalue weighted by molar-refractivity contribution is 9.10. The number of amides is 1. The first-order valence-electron chi connectivity index (χ1n) is 10.5. The minimum Gasteiger partial charge on any atom is -0.392 e. The van der Waals surface area contributed by atoms with Crippen LogP contribution in [0.4, 0.5) is 0 Å². The van der Waals surface area contributed by atoms with Gasteiger partial charge in [0.25, 0.3) is 15.9 Å². The highest BCUT2D eigenvalue weighted by Crippen LogP contribution is 2.32. The molecule has 0 aliphatic heterocycles. The van der Waals surface area contributed by atoms with Crippen LogP contribution < -0.4 is 0 Å². The van der Waals surface area contributed by atoms with Gasteiger partial charge in [0.2, 0.25) is 0 Å². The van der Waals surface area contributed by atoms with Crippen molar-refractivity contribution in [3.05, 3.63) is 76.7 Å². The Balaban J connectivity index is 1.79. The molecule has 0 unspecified atom stereocenters. The molecule has 0 saturated carbocycles. The van der Waals surface area contributed by atoms with Crippen molar-refractivity contribution in [3.8, 4) is 11.1 Å². The Bertz CT molecular complexity index is 1460. The summed E-state index contributed by atoms with van der Waals surface area (Å²) in [6, 6.07) is 13.4. The standard InChI is InChI=1S/C24H23BrN4O4S/c1-15-4-10-19(11-5-15)34(32,33)29-14-20(22-23(29)26-12-21(25)27-22)17-6-8-18(9-7-17)24(31)28(3)13-16(2)30/h4-12,14,16,30H,13H2,1-3H3/t16-/m0/s1. The Hall–Kier alpha value is -3.08. The van der Waals surface area contributed by atoms with Crippen LogP contribution in [-0.2, 0) is 10.0 Å². The number of hydrogen-bond acceptors (Lipinski definition) is 6. The van der Waals surface area contributed by atoms with E-state index < -0.39 is 16.1 Å². The molecule has 1 amide bonds. The summed E-state index contributed by atoms with van der Waals surface area (Å²) in [6.07, 6.45) is 2.32. The van der Waals surface area contributed by atoms with E-state index in [1.54, 1.807) is 62.5 Å². The molecule has 0 fully saturated rings. The molecule has 0 saturated heterocycles. The zero-order chi connectivity index (χ0) is 24.6. The third kappa shape index (κ3) is 4.61. The predicted octanol–water partition coefficient (Wildman–Crippen LogP) is 3.86. The third-order valence-electron chi connectivity index (χ3n) is 5.34. The molecule has 34 heavy (non-hydrogen) atoms. The second-order valence-electron chi connectivity index (χ2n) is 8.13. The minimum atomic E-state index is -3.91. The number of fused-ring (bicyclic) bond motifs is 1. The zero-order valence-corrected chi connectivity index (χ0v) is 21.2. The molecule has 2 heterocycles. The van der Waals surface area contributed by atoms with Gasteiger partial charge >= 0.3 is 0 Å². The van der Waals surface area contributed by atoms with E-state index in [4.69, 9.17) is 0 Å². The fraction of sp³-hybridized carbons (Fsp3) is 0.208. The molecule has 4 aromatic rings. The lowest BCUT2D eigenvalue weighted by molar-refractivity contribution is 0.0703. The van der Waals surface area contributed by atoms with Crippen molar-refractivity contribution < 1.29 is 18.3 Å². The lowest BCUT2D eigenvalue weighted by Gasteiger charge is -2.18. The molecule has 0 bridgehead atoms. The van der Waals surface area contributed by atoms with E-state index in [9.17, 15) is 18.3 Å². The highest BCUT2D eigenvalue weighted by Gasteiger charge is 2.24. The number of aliphatic hydroxyl groups is 1. The van der Waals surface area contributed by atoms with Gasteiger partial charge in [-0.3, -0.25) is 4.79 Å². The number of aliphatic hydroxyl groups excluding tert-OH is 1. The van der Waals surface area contributed by atoms with E-state index in [-0.39, 0.29) is 23.0 Å². The van der Waals surface area contributed by atoms with Crippen LogP contribution >= 0.6 is 15.9 Å². The molecule has 8 nitrogen and oxygen atoms in total. The average molecular weight is 543 g/mol. The number of aryl methyl sites for hydroxylation is 1. The maximum atomic E-state index is 13.4. The van der Waals surface area contributed by atoms with Crippen molar-refractivity contribution in [3.63, 3.8) is 0 Å². The van der Waals surface area contributed by atoms with Crippen molar-refractivity contribution in [1.29, 1.82) is 0 Å². The molecule has 2 aromatic heterocycles. The monoisotopic (exact) mass is 542 g/mol. The van der Waals surface area contributed by atoms with Crippen molar-refractivity contribution in [2.24, 2.45) is 0 Å². The summed E-state index contributed by atoms with van der Waals surface area (Å²) in [7, 11) is -2.29. The van der Waals surface area contributed by atoms with Gasteiger partial charge in [-0.1, -0.05) is 29.8 Å². The molecular formula is C24H23BrN4O4S. The van der Waals surface area contributed by atoms with Gasteiger partial charge in [0.05, 0.1) is 17.2 Å². The van der Waals surface area contributed by atoms with Crippen molar-refractivity contribution in [2.75, 3.05) is 13.6 Å². The first-order valence-corrected chi connectivity index (χ1v) is 12.7. The SMILES string of the molecule is Cc1ccc(S(=O)(=O)n2cc(-c3ccc(C(=O)N(C)C[C@H](C)O)cc3)c3nc(Br)cnc32)cc1. The lowest BCUT2D eigenvalue weighted by atomic mass is 10.1. The van der Waals surface area contributed by atoms with Crippen LogP contribution in [0.2, 0.25) is 0 Å². The fourth-order valence-electron chi connectivity index (χ4n) is 3.65. The number of aromatic nitrogens is 3. The van der Waals surface area contributed by atoms with Gasteiger partial charge in [-0.15, -0.1) is 0 Å². The van der Waals surface area contributed by atoms with Crippen LogP contribution in [0.1, 0.15) is 22.8 Å². The van der Waals surface area contributed by atoms with Gasteiger partial charge in [-0.25, -0.2) is 22.4 Å². The predicted molar refractivity (Wildman–Crippen MR) is 133 cm³/mol. The van der Waals surface area contributed by atoms with Crippen LogP contribution in [0, 0.1) is 6.92 Å². The fourth-order valence-corrected chi connectivity index (χ4v) is 5.25. The van der Waals surface area contributed by atoms with Crippen molar-refractivity contribution in [1.82, 2.24) is 18.8 Å². The highest BCUT2D eigenvalue weighted by atomic mass is 79.9. The summed E-state index contributed by atoms with van der Waals surface area (Å²) >= 11 is 3.31. The normalized spacial score (nSPS) is 12.6. The average Bonchev–Trinajstić information content (AvgIpc) is 3.18. The molecule has 4 rings (SSSR count). The minimum absolute atomic E-state index is 0.147. The van der Waals surface area contributed by atoms with E-state index in [1.165, 1.54) is 17.3 Å². The van der Waals surface area contributed by atoms with Gasteiger partial charge in [-0.2, -0.15) is 0 Å².